The first kappa shape index (κ1) is 15.6. The Morgan fingerprint density at radius 1 is 1.36 bits per heavy atom. The number of aromatic nitrogens is 2. The number of halogens is 2. The Labute approximate surface area is 139 Å². The maximum absolute atomic E-state index is 12.5. The molecule has 2 aromatic heterocycles. The van der Waals surface area contributed by atoms with Gasteiger partial charge < -0.3 is 14.2 Å². The number of likely N-dealkylation sites (N-methyl/N-ethyl adjacent to an activating group) is 1. The van der Waals surface area contributed by atoms with Gasteiger partial charge in [0, 0.05) is 38.1 Å². The van der Waals surface area contributed by atoms with Crippen LogP contribution in [0.25, 0.3) is 5.65 Å². The normalized spacial score (nSPS) is 19.8. The highest BCUT2D eigenvalue weighted by atomic mass is 35.5. The van der Waals surface area contributed by atoms with E-state index in [0.29, 0.717) is 21.4 Å². The van der Waals surface area contributed by atoms with Crippen LogP contribution in [0.3, 0.4) is 0 Å². The maximum Gasteiger partial charge on any atom is 0.228 e. The second-order valence-corrected chi connectivity index (χ2v) is 6.69. The molecule has 0 spiro atoms. The largest absolute Gasteiger partial charge is 0.337 e. The quantitative estimate of drug-likeness (QED) is 0.842. The molecule has 0 N–H and O–H groups in total. The van der Waals surface area contributed by atoms with E-state index in [2.05, 4.69) is 23.9 Å². The van der Waals surface area contributed by atoms with E-state index < -0.39 is 0 Å². The summed E-state index contributed by atoms with van der Waals surface area (Å²) >= 11 is 12.1. The van der Waals surface area contributed by atoms with Crippen molar-refractivity contribution < 1.29 is 4.79 Å². The Morgan fingerprint density at radius 2 is 2.14 bits per heavy atom. The Morgan fingerprint density at radius 3 is 2.86 bits per heavy atom. The van der Waals surface area contributed by atoms with E-state index in [9.17, 15) is 4.79 Å². The van der Waals surface area contributed by atoms with Gasteiger partial charge in [0.15, 0.2) is 5.65 Å². The summed E-state index contributed by atoms with van der Waals surface area (Å²) in [4.78, 5) is 21.1. The van der Waals surface area contributed by atoms with E-state index in [4.69, 9.17) is 23.2 Å². The molecule has 5 nitrogen and oxygen atoms in total. The van der Waals surface area contributed by atoms with Gasteiger partial charge in [0.1, 0.15) is 0 Å². The first-order valence-electron chi connectivity index (χ1n) is 7.24. The van der Waals surface area contributed by atoms with E-state index in [0.717, 1.165) is 19.6 Å². The van der Waals surface area contributed by atoms with Gasteiger partial charge in [-0.1, -0.05) is 23.2 Å². The minimum Gasteiger partial charge on any atom is -0.337 e. The fourth-order valence-electron chi connectivity index (χ4n) is 2.93. The van der Waals surface area contributed by atoms with Crippen molar-refractivity contribution in [1.29, 1.82) is 0 Å². The van der Waals surface area contributed by atoms with Crippen molar-refractivity contribution in [3.63, 3.8) is 0 Å². The Balaban J connectivity index is 1.78. The molecule has 2 aromatic rings. The average Bonchev–Trinajstić information content (AvgIpc) is 2.81. The van der Waals surface area contributed by atoms with Crippen molar-refractivity contribution in [3.8, 4) is 0 Å². The van der Waals surface area contributed by atoms with Crippen LogP contribution in [0.5, 0.6) is 0 Å². The molecule has 118 valence electrons. The lowest BCUT2D eigenvalue weighted by Crippen LogP contribution is -2.53. The molecule has 1 aliphatic rings. The average molecular weight is 341 g/mol. The maximum atomic E-state index is 12.5. The van der Waals surface area contributed by atoms with Gasteiger partial charge >= 0.3 is 0 Å². The summed E-state index contributed by atoms with van der Waals surface area (Å²) in [6.07, 6.45) is 3.83. The van der Waals surface area contributed by atoms with Gasteiger partial charge in [0.25, 0.3) is 0 Å². The number of fused-ring (bicyclic) bond motifs is 1. The van der Waals surface area contributed by atoms with Crippen molar-refractivity contribution in [3.05, 3.63) is 34.2 Å². The number of nitrogens with zero attached hydrogens (tertiary/aromatic N) is 4. The van der Waals surface area contributed by atoms with Crippen LogP contribution < -0.4 is 0 Å². The summed E-state index contributed by atoms with van der Waals surface area (Å²) in [5.41, 5.74) is 1.33. The number of rotatable bonds is 2. The van der Waals surface area contributed by atoms with Crippen molar-refractivity contribution in [2.75, 3.05) is 26.7 Å². The highest BCUT2D eigenvalue weighted by Gasteiger charge is 2.26. The minimum absolute atomic E-state index is 0.103. The molecular weight excluding hydrogens is 323 g/mol. The van der Waals surface area contributed by atoms with Crippen molar-refractivity contribution in [2.24, 2.45) is 0 Å². The van der Waals surface area contributed by atoms with Crippen LogP contribution in [-0.4, -0.2) is 57.8 Å². The zero-order chi connectivity index (χ0) is 15.9. The number of piperazine rings is 1. The number of carbonyl (C=O) groups is 1. The fourth-order valence-corrected chi connectivity index (χ4v) is 3.45. The Kier molecular flexibility index (Phi) is 4.30. The van der Waals surface area contributed by atoms with E-state index in [1.807, 2.05) is 11.1 Å². The third-order valence-electron chi connectivity index (χ3n) is 4.01. The second-order valence-electron chi connectivity index (χ2n) is 5.84. The molecule has 0 saturated carbocycles. The molecule has 1 atom stereocenters. The lowest BCUT2D eigenvalue weighted by atomic mass is 10.1. The van der Waals surface area contributed by atoms with E-state index in [1.54, 1.807) is 16.7 Å². The smallest absolute Gasteiger partial charge is 0.228 e. The molecule has 1 aliphatic heterocycles. The molecule has 1 fully saturated rings. The molecule has 1 unspecified atom stereocenters. The third kappa shape index (κ3) is 3.07. The second kappa shape index (κ2) is 6.07. The van der Waals surface area contributed by atoms with Crippen molar-refractivity contribution >= 4 is 34.8 Å². The highest BCUT2D eigenvalue weighted by molar-refractivity contribution is 6.36. The summed E-state index contributed by atoms with van der Waals surface area (Å²) in [5, 5.41) is 1.03. The number of pyridine rings is 1. The molecule has 0 aromatic carbocycles. The van der Waals surface area contributed by atoms with E-state index in [-0.39, 0.29) is 18.4 Å². The van der Waals surface area contributed by atoms with Crippen LogP contribution in [0.4, 0.5) is 0 Å². The van der Waals surface area contributed by atoms with E-state index >= 15 is 0 Å². The molecular formula is C15H18Cl2N4O. The minimum atomic E-state index is 0.103. The summed E-state index contributed by atoms with van der Waals surface area (Å²) in [6.45, 7) is 4.64. The van der Waals surface area contributed by atoms with Crippen LogP contribution in [0.2, 0.25) is 10.0 Å². The molecule has 22 heavy (non-hydrogen) atoms. The topological polar surface area (TPSA) is 40.9 Å². The van der Waals surface area contributed by atoms with Gasteiger partial charge in [0.2, 0.25) is 5.91 Å². The summed E-state index contributed by atoms with van der Waals surface area (Å²) in [7, 11) is 2.08. The fraction of sp³-hybridized carbons (Fsp3) is 0.467. The lowest BCUT2D eigenvalue weighted by Gasteiger charge is -2.38. The van der Waals surface area contributed by atoms with Gasteiger partial charge in [0.05, 0.1) is 22.2 Å². The van der Waals surface area contributed by atoms with Crippen LogP contribution in [0, 0.1) is 0 Å². The molecule has 0 bridgehead atoms. The number of amides is 1. The molecule has 3 heterocycles. The van der Waals surface area contributed by atoms with Gasteiger partial charge in [-0.15, -0.1) is 0 Å². The predicted octanol–water partition coefficient (Wildman–Crippen LogP) is 2.35. The van der Waals surface area contributed by atoms with Gasteiger partial charge in [-0.25, -0.2) is 4.98 Å². The summed E-state index contributed by atoms with van der Waals surface area (Å²) in [5.74, 6) is 0.103. The first-order valence-corrected chi connectivity index (χ1v) is 8.00. The van der Waals surface area contributed by atoms with Gasteiger partial charge in [-0.05, 0) is 20.0 Å². The van der Waals surface area contributed by atoms with Crippen LogP contribution in [-0.2, 0) is 11.2 Å². The van der Waals surface area contributed by atoms with Crippen molar-refractivity contribution in [1.82, 2.24) is 19.2 Å². The monoisotopic (exact) mass is 340 g/mol. The number of carbonyl (C=O) groups excluding carboxylic acids is 1. The zero-order valence-electron chi connectivity index (χ0n) is 12.6. The third-order valence-corrected chi connectivity index (χ3v) is 4.49. The van der Waals surface area contributed by atoms with Crippen LogP contribution >= 0.6 is 23.2 Å². The lowest BCUT2D eigenvalue weighted by molar-refractivity contribution is -0.134. The summed E-state index contributed by atoms with van der Waals surface area (Å²) < 4.78 is 1.76. The van der Waals surface area contributed by atoms with Gasteiger partial charge in [-0.2, -0.15) is 0 Å². The van der Waals surface area contributed by atoms with Crippen LogP contribution in [0.15, 0.2) is 18.5 Å². The molecule has 0 radical (unpaired) electrons. The Bertz CT molecular complexity index is 715. The standard InChI is InChI=1S/C15H18Cl2N4O/c1-10-7-19(2)3-4-21(10)14(22)6-12-9-20-8-11(16)5-13(17)15(20)18-12/h5,8-10H,3-4,6-7H2,1-2H3. The number of imidazole rings is 1. The summed E-state index contributed by atoms with van der Waals surface area (Å²) in [6, 6.07) is 1.88. The van der Waals surface area contributed by atoms with Crippen molar-refractivity contribution in [2.45, 2.75) is 19.4 Å². The molecule has 0 aliphatic carbocycles. The Hall–Kier alpha value is -1.30. The van der Waals surface area contributed by atoms with Gasteiger partial charge in [-0.3, -0.25) is 4.79 Å². The molecule has 7 heteroatoms. The zero-order valence-corrected chi connectivity index (χ0v) is 14.1. The SMILES string of the molecule is CC1CN(C)CCN1C(=O)Cc1cn2cc(Cl)cc(Cl)c2n1. The molecule has 1 amide bonds. The number of hydrogen-bond acceptors (Lipinski definition) is 3. The first-order chi connectivity index (χ1) is 10.4. The molecule has 1 saturated heterocycles. The number of hydrogen-bond donors (Lipinski definition) is 0. The van der Waals surface area contributed by atoms with Crippen LogP contribution in [0.1, 0.15) is 12.6 Å². The predicted molar refractivity (Wildman–Crippen MR) is 87.6 cm³/mol. The highest BCUT2D eigenvalue weighted by Crippen LogP contribution is 2.22. The molecule has 3 rings (SSSR count). The van der Waals surface area contributed by atoms with E-state index in [1.165, 1.54) is 0 Å².